The third-order valence-electron chi connectivity index (χ3n) is 3.54. The summed E-state index contributed by atoms with van der Waals surface area (Å²) in [4.78, 5) is 0. The van der Waals surface area contributed by atoms with E-state index >= 15 is 0 Å². The highest BCUT2D eigenvalue weighted by molar-refractivity contribution is 5.31. The zero-order chi connectivity index (χ0) is 16.2. The van der Waals surface area contributed by atoms with E-state index in [4.69, 9.17) is 9.26 Å². The summed E-state index contributed by atoms with van der Waals surface area (Å²) in [5.41, 5.74) is 2.61. The van der Waals surface area contributed by atoms with Crippen molar-refractivity contribution in [3.63, 3.8) is 0 Å². The van der Waals surface area contributed by atoms with Crippen molar-refractivity contribution in [3.05, 3.63) is 53.2 Å². The number of hydrogen-bond acceptors (Lipinski definition) is 6. The van der Waals surface area contributed by atoms with Crippen LogP contribution in [0.15, 0.2) is 35.0 Å². The van der Waals surface area contributed by atoms with E-state index < -0.39 is 0 Å². The second-order valence-electron chi connectivity index (χ2n) is 5.22. The standard InChI is InChI=1S/C16H18N4O3/c1-3-16-11(2)15(18-23-16)9-20-8-12(17-19-20)10-22-14-6-4-5-13(21)7-14/h4-8,21H,3,9-10H2,1-2H3. The number of aromatic hydroxyl groups is 1. The lowest BCUT2D eigenvalue weighted by Crippen LogP contribution is -2.02. The van der Waals surface area contributed by atoms with Crippen LogP contribution in [0.3, 0.4) is 0 Å². The van der Waals surface area contributed by atoms with Gasteiger partial charge in [0, 0.05) is 18.1 Å². The van der Waals surface area contributed by atoms with Crippen molar-refractivity contribution in [3.8, 4) is 11.5 Å². The number of benzene rings is 1. The van der Waals surface area contributed by atoms with Crippen LogP contribution in [0.5, 0.6) is 11.5 Å². The Morgan fingerprint density at radius 3 is 2.96 bits per heavy atom. The highest BCUT2D eigenvalue weighted by Crippen LogP contribution is 2.18. The largest absolute Gasteiger partial charge is 0.508 e. The third kappa shape index (κ3) is 3.50. The summed E-state index contributed by atoms with van der Waals surface area (Å²) >= 11 is 0. The van der Waals surface area contributed by atoms with Gasteiger partial charge in [0.05, 0.1) is 12.7 Å². The molecule has 0 saturated carbocycles. The van der Waals surface area contributed by atoms with E-state index in [9.17, 15) is 5.11 Å². The minimum Gasteiger partial charge on any atom is -0.508 e. The van der Waals surface area contributed by atoms with Crippen molar-refractivity contribution in [1.82, 2.24) is 20.2 Å². The van der Waals surface area contributed by atoms with Crippen molar-refractivity contribution in [2.75, 3.05) is 0 Å². The van der Waals surface area contributed by atoms with Gasteiger partial charge in [0.1, 0.15) is 35.3 Å². The van der Waals surface area contributed by atoms with Gasteiger partial charge in [-0.05, 0) is 19.1 Å². The van der Waals surface area contributed by atoms with Crippen LogP contribution in [0.2, 0.25) is 0 Å². The fourth-order valence-electron chi connectivity index (χ4n) is 2.25. The molecule has 2 heterocycles. The SMILES string of the molecule is CCc1onc(Cn2cc(COc3cccc(O)c3)nn2)c1C. The lowest BCUT2D eigenvalue weighted by molar-refractivity contribution is 0.299. The van der Waals surface area contributed by atoms with E-state index in [1.807, 2.05) is 20.0 Å². The van der Waals surface area contributed by atoms with Crippen molar-refractivity contribution in [1.29, 1.82) is 0 Å². The van der Waals surface area contributed by atoms with Crippen molar-refractivity contribution < 1.29 is 14.4 Å². The molecular formula is C16H18N4O3. The Hall–Kier alpha value is -2.83. The van der Waals surface area contributed by atoms with E-state index in [1.165, 1.54) is 0 Å². The van der Waals surface area contributed by atoms with Gasteiger partial charge in [-0.2, -0.15) is 0 Å². The predicted octanol–water partition coefficient (Wildman–Crippen LogP) is 2.47. The molecule has 120 valence electrons. The van der Waals surface area contributed by atoms with Gasteiger partial charge in [-0.25, -0.2) is 4.68 Å². The first-order valence-corrected chi connectivity index (χ1v) is 7.40. The summed E-state index contributed by atoms with van der Waals surface area (Å²) in [6.45, 7) is 4.81. The van der Waals surface area contributed by atoms with Gasteiger partial charge < -0.3 is 14.4 Å². The summed E-state index contributed by atoms with van der Waals surface area (Å²) in [5.74, 6) is 1.64. The zero-order valence-electron chi connectivity index (χ0n) is 13.1. The van der Waals surface area contributed by atoms with Crippen LogP contribution >= 0.6 is 0 Å². The fraction of sp³-hybridized carbons (Fsp3) is 0.312. The highest BCUT2D eigenvalue weighted by atomic mass is 16.5. The normalized spacial score (nSPS) is 10.9. The van der Waals surface area contributed by atoms with E-state index in [1.54, 1.807) is 28.9 Å². The Balaban J connectivity index is 1.62. The molecule has 0 saturated heterocycles. The smallest absolute Gasteiger partial charge is 0.139 e. The molecule has 7 heteroatoms. The molecule has 0 aliphatic carbocycles. The Morgan fingerprint density at radius 2 is 2.22 bits per heavy atom. The molecule has 0 radical (unpaired) electrons. The maximum absolute atomic E-state index is 9.40. The van der Waals surface area contributed by atoms with Gasteiger partial charge in [-0.3, -0.25) is 0 Å². The van der Waals surface area contributed by atoms with Crippen LogP contribution in [0.4, 0.5) is 0 Å². The maximum atomic E-state index is 9.40. The number of rotatable bonds is 6. The number of phenols is 1. The van der Waals surface area contributed by atoms with E-state index in [0.717, 1.165) is 23.4 Å². The summed E-state index contributed by atoms with van der Waals surface area (Å²) in [6, 6.07) is 6.64. The Kier molecular flexibility index (Phi) is 4.27. The van der Waals surface area contributed by atoms with Crippen LogP contribution in [0.25, 0.3) is 0 Å². The summed E-state index contributed by atoms with van der Waals surface area (Å²) in [6.07, 6.45) is 2.63. The highest BCUT2D eigenvalue weighted by Gasteiger charge is 2.12. The first-order valence-electron chi connectivity index (χ1n) is 7.40. The van der Waals surface area contributed by atoms with Gasteiger partial charge in [0.15, 0.2) is 0 Å². The van der Waals surface area contributed by atoms with E-state index in [2.05, 4.69) is 15.5 Å². The number of ether oxygens (including phenoxy) is 1. The number of hydrogen-bond donors (Lipinski definition) is 1. The molecule has 7 nitrogen and oxygen atoms in total. The number of aryl methyl sites for hydroxylation is 1. The molecule has 0 fully saturated rings. The third-order valence-corrected chi connectivity index (χ3v) is 3.54. The Labute approximate surface area is 133 Å². The molecule has 0 unspecified atom stereocenters. The topological polar surface area (TPSA) is 86.2 Å². The molecule has 1 N–H and O–H groups in total. The van der Waals surface area contributed by atoms with E-state index in [0.29, 0.717) is 18.0 Å². The fourth-order valence-corrected chi connectivity index (χ4v) is 2.25. The Morgan fingerprint density at radius 1 is 1.35 bits per heavy atom. The quantitative estimate of drug-likeness (QED) is 0.752. The van der Waals surface area contributed by atoms with Gasteiger partial charge in [0.2, 0.25) is 0 Å². The molecule has 2 aromatic heterocycles. The lowest BCUT2D eigenvalue weighted by atomic mass is 10.2. The van der Waals surface area contributed by atoms with Gasteiger partial charge in [0.25, 0.3) is 0 Å². The van der Waals surface area contributed by atoms with Crippen molar-refractivity contribution in [2.45, 2.75) is 33.4 Å². The minimum absolute atomic E-state index is 0.166. The maximum Gasteiger partial charge on any atom is 0.139 e. The summed E-state index contributed by atoms with van der Waals surface area (Å²) in [7, 11) is 0. The number of phenolic OH excluding ortho intramolecular Hbond substituents is 1. The van der Waals surface area contributed by atoms with Crippen LogP contribution in [-0.4, -0.2) is 25.3 Å². The minimum atomic E-state index is 0.166. The van der Waals surface area contributed by atoms with Gasteiger partial charge in [-0.15, -0.1) is 5.10 Å². The molecule has 0 aliphatic rings. The molecule has 0 atom stereocenters. The molecule has 3 rings (SSSR count). The average Bonchev–Trinajstić information content (AvgIpc) is 3.13. The lowest BCUT2D eigenvalue weighted by Gasteiger charge is -2.03. The molecule has 1 aromatic carbocycles. The second kappa shape index (κ2) is 6.51. The average molecular weight is 314 g/mol. The van der Waals surface area contributed by atoms with Crippen LogP contribution in [0, 0.1) is 6.92 Å². The molecule has 0 amide bonds. The Bertz CT molecular complexity index is 794. The first-order chi connectivity index (χ1) is 11.2. The predicted molar refractivity (Wildman–Crippen MR) is 82.2 cm³/mol. The van der Waals surface area contributed by atoms with Crippen LogP contribution in [0.1, 0.15) is 29.6 Å². The van der Waals surface area contributed by atoms with Crippen molar-refractivity contribution >= 4 is 0 Å². The first kappa shape index (κ1) is 15.1. The molecule has 0 spiro atoms. The van der Waals surface area contributed by atoms with Gasteiger partial charge >= 0.3 is 0 Å². The van der Waals surface area contributed by atoms with Gasteiger partial charge in [-0.1, -0.05) is 23.4 Å². The molecular weight excluding hydrogens is 296 g/mol. The van der Waals surface area contributed by atoms with E-state index in [-0.39, 0.29) is 12.4 Å². The molecule has 23 heavy (non-hydrogen) atoms. The number of nitrogens with zero attached hydrogens (tertiary/aromatic N) is 4. The monoisotopic (exact) mass is 314 g/mol. The van der Waals surface area contributed by atoms with Crippen LogP contribution in [-0.2, 0) is 19.6 Å². The zero-order valence-corrected chi connectivity index (χ0v) is 13.1. The molecule has 3 aromatic rings. The van der Waals surface area contributed by atoms with Crippen molar-refractivity contribution in [2.24, 2.45) is 0 Å². The number of aromatic nitrogens is 4. The molecule has 0 bridgehead atoms. The second-order valence-corrected chi connectivity index (χ2v) is 5.22. The summed E-state index contributed by atoms with van der Waals surface area (Å²) < 4.78 is 12.6. The van der Waals surface area contributed by atoms with Crippen LogP contribution < -0.4 is 4.74 Å². The molecule has 0 aliphatic heterocycles. The summed E-state index contributed by atoms with van der Waals surface area (Å²) in [5, 5.41) is 21.6.